The molecule has 0 N–H and O–H groups in total. The van der Waals surface area contributed by atoms with Gasteiger partial charge in [0.1, 0.15) is 5.78 Å². The molecule has 0 unspecified atom stereocenters. The first-order valence-electron chi connectivity index (χ1n) is 6.10. The molecule has 0 radical (unpaired) electrons. The molecule has 0 aromatic heterocycles. The fourth-order valence-corrected chi connectivity index (χ4v) is 2.71. The van der Waals surface area contributed by atoms with E-state index in [-0.39, 0.29) is 11.2 Å². The minimum Gasteiger partial charge on any atom is -0.379 e. The van der Waals surface area contributed by atoms with Crippen LogP contribution in [0.2, 0.25) is 0 Å². The summed E-state index contributed by atoms with van der Waals surface area (Å²) in [5.74, 6) is 0.242. The highest BCUT2D eigenvalue weighted by atomic mass is 16.5. The Kier molecular flexibility index (Phi) is 3.09. The highest BCUT2D eigenvalue weighted by Crippen LogP contribution is 2.38. The Bertz CT molecular complexity index is 456. The van der Waals surface area contributed by atoms with Crippen LogP contribution >= 0.6 is 0 Å². The van der Waals surface area contributed by atoms with Crippen LogP contribution in [0.3, 0.4) is 0 Å². The molecule has 2 rings (SSSR count). The van der Waals surface area contributed by atoms with E-state index in [0.29, 0.717) is 19.6 Å². The van der Waals surface area contributed by atoms with Gasteiger partial charge in [-0.25, -0.2) is 0 Å². The van der Waals surface area contributed by atoms with Gasteiger partial charge in [0.15, 0.2) is 0 Å². The van der Waals surface area contributed by atoms with Gasteiger partial charge in [-0.05, 0) is 49.9 Å². The number of aryl methyl sites for hydroxylation is 3. The molecule has 0 bridgehead atoms. The summed E-state index contributed by atoms with van der Waals surface area (Å²) < 4.78 is 5.37. The largest absolute Gasteiger partial charge is 0.379 e. The molecule has 1 aliphatic heterocycles. The average molecular weight is 232 g/mol. The molecule has 2 nitrogen and oxygen atoms in total. The molecule has 1 aliphatic rings. The molecule has 1 heterocycles. The van der Waals surface area contributed by atoms with Crippen LogP contribution in [-0.2, 0) is 14.9 Å². The Balaban J connectivity index is 2.44. The van der Waals surface area contributed by atoms with Crippen molar-refractivity contribution in [2.75, 3.05) is 13.2 Å². The van der Waals surface area contributed by atoms with Crippen molar-refractivity contribution in [3.63, 3.8) is 0 Å². The number of carbonyl (C=O) groups excluding carboxylic acids is 1. The zero-order chi connectivity index (χ0) is 12.6. The fraction of sp³-hybridized carbons (Fsp3) is 0.533. The first kappa shape index (κ1) is 12.3. The number of benzene rings is 1. The minimum atomic E-state index is -0.0611. The van der Waals surface area contributed by atoms with Crippen molar-refractivity contribution in [2.45, 2.75) is 39.5 Å². The van der Waals surface area contributed by atoms with Gasteiger partial charge in [0, 0.05) is 11.8 Å². The maximum Gasteiger partial charge on any atom is 0.130 e. The van der Waals surface area contributed by atoms with E-state index in [1.807, 2.05) is 0 Å². The molecular weight excluding hydrogens is 212 g/mol. The predicted molar refractivity (Wildman–Crippen MR) is 68.4 cm³/mol. The summed E-state index contributed by atoms with van der Waals surface area (Å²) in [5.41, 5.74) is 5.11. The Morgan fingerprint density at radius 3 is 2.24 bits per heavy atom. The third kappa shape index (κ3) is 2.14. The van der Waals surface area contributed by atoms with Gasteiger partial charge >= 0.3 is 0 Å². The number of carbonyl (C=O) groups is 1. The Morgan fingerprint density at radius 1 is 1.18 bits per heavy atom. The topological polar surface area (TPSA) is 26.3 Å². The van der Waals surface area contributed by atoms with E-state index in [1.54, 1.807) is 6.92 Å². The number of ketones is 1. The third-order valence-electron chi connectivity index (χ3n) is 3.76. The summed E-state index contributed by atoms with van der Waals surface area (Å²) in [6.07, 6.45) is 0.594. The predicted octanol–water partition coefficient (Wildman–Crippen LogP) is 2.86. The molecule has 1 saturated heterocycles. The van der Waals surface area contributed by atoms with E-state index in [1.165, 1.54) is 22.3 Å². The van der Waals surface area contributed by atoms with Gasteiger partial charge in [0.25, 0.3) is 0 Å². The second-order valence-electron chi connectivity index (χ2n) is 5.40. The first-order chi connectivity index (χ1) is 7.94. The molecule has 92 valence electrons. The third-order valence-corrected chi connectivity index (χ3v) is 3.76. The molecule has 0 aliphatic carbocycles. The van der Waals surface area contributed by atoms with Gasteiger partial charge in [-0.1, -0.05) is 12.1 Å². The zero-order valence-corrected chi connectivity index (χ0v) is 11.1. The Labute approximate surface area is 103 Å². The van der Waals surface area contributed by atoms with E-state index < -0.39 is 0 Å². The van der Waals surface area contributed by atoms with E-state index in [2.05, 4.69) is 32.9 Å². The second-order valence-corrected chi connectivity index (χ2v) is 5.40. The van der Waals surface area contributed by atoms with Crippen LogP contribution in [0.5, 0.6) is 0 Å². The second kappa shape index (κ2) is 4.26. The van der Waals surface area contributed by atoms with Gasteiger partial charge < -0.3 is 4.74 Å². The van der Waals surface area contributed by atoms with Crippen LogP contribution in [0.15, 0.2) is 12.1 Å². The van der Waals surface area contributed by atoms with Crippen LogP contribution in [0.1, 0.15) is 35.6 Å². The molecule has 0 saturated carbocycles. The summed E-state index contributed by atoms with van der Waals surface area (Å²) in [7, 11) is 0. The van der Waals surface area contributed by atoms with Crippen LogP contribution in [0, 0.1) is 20.8 Å². The minimum absolute atomic E-state index is 0.0611. The van der Waals surface area contributed by atoms with Crippen LogP contribution < -0.4 is 0 Å². The average Bonchev–Trinajstić information content (AvgIpc) is 2.17. The van der Waals surface area contributed by atoms with Crippen LogP contribution in [0.4, 0.5) is 0 Å². The molecule has 1 aromatic carbocycles. The van der Waals surface area contributed by atoms with E-state index in [0.717, 1.165) is 0 Å². The summed E-state index contributed by atoms with van der Waals surface area (Å²) in [5, 5.41) is 0. The highest BCUT2D eigenvalue weighted by molar-refractivity contribution is 5.77. The van der Waals surface area contributed by atoms with Gasteiger partial charge in [0.05, 0.1) is 13.2 Å². The lowest BCUT2D eigenvalue weighted by Crippen LogP contribution is -2.48. The van der Waals surface area contributed by atoms with Crippen molar-refractivity contribution in [1.29, 1.82) is 0 Å². The van der Waals surface area contributed by atoms with Crippen LogP contribution in [-0.4, -0.2) is 19.0 Å². The monoisotopic (exact) mass is 232 g/mol. The lowest BCUT2D eigenvalue weighted by atomic mass is 9.72. The fourth-order valence-electron chi connectivity index (χ4n) is 2.71. The van der Waals surface area contributed by atoms with Crippen molar-refractivity contribution in [2.24, 2.45) is 0 Å². The summed E-state index contributed by atoms with van der Waals surface area (Å²) in [6.45, 7) is 9.39. The lowest BCUT2D eigenvalue weighted by molar-refractivity contribution is -0.125. The van der Waals surface area contributed by atoms with Crippen LogP contribution in [0.25, 0.3) is 0 Å². The smallest absolute Gasteiger partial charge is 0.130 e. The van der Waals surface area contributed by atoms with Gasteiger partial charge in [-0.3, -0.25) is 4.79 Å². The van der Waals surface area contributed by atoms with Gasteiger partial charge in [-0.2, -0.15) is 0 Å². The maximum atomic E-state index is 11.4. The van der Waals surface area contributed by atoms with Crippen molar-refractivity contribution < 1.29 is 9.53 Å². The Morgan fingerprint density at radius 2 is 1.76 bits per heavy atom. The normalized spacial score (nSPS) is 17.6. The van der Waals surface area contributed by atoms with E-state index in [9.17, 15) is 4.79 Å². The van der Waals surface area contributed by atoms with Crippen molar-refractivity contribution >= 4 is 5.78 Å². The van der Waals surface area contributed by atoms with E-state index >= 15 is 0 Å². The number of hydrogen-bond donors (Lipinski definition) is 0. The summed E-state index contributed by atoms with van der Waals surface area (Å²) in [6, 6.07) is 4.45. The highest BCUT2D eigenvalue weighted by Gasteiger charge is 2.42. The van der Waals surface area contributed by atoms with Crippen molar-refractivity contribution in [3.05, 3.63) is 34.4 Å². The SMILES string of the molecule is CC(=O)CC1(c2cc(C)c(C)cc2C)COC1. The zero-order valence-electron chi connectivity index (χ0n) is 11.1. The number of Topliss-reactive ketones (excluding diaryl/α,β-unsaturated/α-hetero) is 1. The van der Waals surface area contributed by atoms with Gasteiger partial charge in [0.2, 0.25) is 0 Å². The van der Waals surface area contributed by atoms with Crippen molar-refractivity contribution in [1.82, 2.24) is 0 Å². The molecule has 1 fully saturated rings. The quantitative estimate of drug-likeness (QED) is 0.801. The number of ether oxygens (including phenoxy) is 1. The van der Waals surface area contributed by atoms with E-state index in [4.69, 9.17) is 4.74 Å². The molecular formula is C15H20O2. The lowest BCUT2D eigenvalue weighted by Gasteiger charge is -2.42. The molecule has 2 heteroatoms. The Hall–Kier alpha value is -1.15. The maximum absolute atomic E-state index is 11.4. The molecule has 0 atom stereocenters. The first-order valence-corrected chi connectivity index (χ1v) is 6.10. The molecule has 1 aromatic rings. The van der Waals surface area contributed by atoms with Crippen molar-refractivity contribution in [3.8, 4) is 0 Å². The summed E-state index contributed by atoms with van der Waals surface area (Å²) >= 11 is 0. The van der Waals surface area contributed by atoms with Gasteiger partial charge in [-0.15, -0.1) is 0 Å². The standard InChI is InChI=1S/C15H20O2/c1-10-5-12(3)14(6-11(10)2)15(7-13(4)16)8-17-9-15/h5-6H,7-9H2,1-4H3. The molecule has 0 spiro atoms. The molecule has 17 heavy (non-hydrogen) atoms. The molecule has 0 amide bonds. The summed E-state index contributed by atoms with van der Waals surface area (Å²) in [4.78, 5) is 11.4. The number of hydrogen-bond acceptors (Lipinski definition) is 2. The number of rotatable bonds is 3.